The second kappa shape index (κ2) is 9.39. The summed E-state index contributed by atoms with van der Waals surface area (Å²) >= 11 is 11.6. The summed E-state index contributed by atoms with van der Waals surface area (Å²) in [6.07, 6.45) is 4.77. The van der Waals surface area contributed by atoms with Crippen LogP contribution in [0.1, 0.15) is 25.1 Å². The van der Waals surface area contributed by atoms with Crippen molar-refractivity contribution < 1.29 is 4.74 Å². The second-order valence-electron chi connectivity index (χ2n) is 7.56. The third kappa shape index (κ3) is 4.95. The van der Waals surface area contributed by atoms with E-state index in [2.05, 4.69) is 14.4 Å². The van der Waals surface area contributed by atoms with Gasteiger partial charge in [-0.2, -0.15) is 5.10 Å². The number of hydrogen-bond donors (Lipinski definition) is 0. The van der Waals surface area contributed by atoms with Gasteiger partial charge in [0.25, 0.3) is 0 Å². The molecule has 0 bridgehead atoms. The minimum absolute atomic E-state index is 0.695. The van der Waals surface area contributed by atoms with Crippen molar-refractivity contribution in [2.45, 2.75) is 38.9 Å². The summed E-state index contributed by atoms with van der Waals surface area (Å²) in [6.45, 7) is 7.62. The lowest BCUT2D eigenvalue weighted by Gasteiger charge is -2.34. The summed E-state index contributed by atoms with van der Waals surface area (Å²) in [7, 11) is 0. The highest BCUT2D eigenvalue weighted by molar-refractivity contribution is 7.71. The van der Waals surface area contributed by atoms with Crippen LogP contribution < -0.4 is 4.74 Å². The summed E-state index contributed by atoms with van der Waals surface area (Å²) in [5.41, 5.74) is 0. The molecule has 1 fully saturated rings. The van der Waals surface area contributed by atoms with E-state index in [1.54, 1.807) is 0 Å². The van der Waals surface area contributed by atoms with Gasteiger partial charge in [-0.1, -0.05) is 18.0 Å². The van der Waals surface area contributed by atoms with E-state index >= 15 is 0 Å². The SMILES string of the molecule is S=c1n(CN2CCN(CCOc3ccc(Cl)cc3)CC2)nc2n1CCCCC2. The smallest absolute Gasteiger partial charge is 0.199 e. The Hall–Kier alpha value is -1.41. The van der Waals surface area contributed by atoms with Gasteiger partial charge in [0, 0.05) is 50.7 Å². The highest BCUT2D eigenvalue weighted by Crippen LogP contribution is 2.16. The Balaban J connectivity index is 1.22. The molecule has 2 aromatic rings. The van der Waals surface area contributed by atoms with Gasteiger partial charge in [-0.15, -0.1) is 0 Å². The van der Waals surface area contributed by atoms with Gasteiger partial charge in [0.15, 0.2) is 4.77 Å². The quantitative estimate of drug-likeness (QED) is 0.668. The lowest BCUT2D eigenvalue weighted by Crippen LogP contribution is -2.47. The molecule has 6 nitrogen and oxygen atoms in total. The number of nitrogens with zero attached hydrogens (tertiary/aromatic N) is 5. The minimum atomic E-state index is 0.695. The lowest BCUT2D eigenvalue weighted by atomic mass is 10.2. The number of rotatable bonds is 6. The van der Waals surface area contributed by atoms with E-state index in [9.17, 15) is 0 Å². The third-order valence-corrected chi connectivity index (χ3v) is 6.25. The molecule has 0 N–H and O–H groups in total. The van der Waals surface area contributed by atoms with E-state index in [1.807, 2.05) is 28.9 Å². The van der Waals surface area contributed by atoms with Gasteiger partial charge in [0.2, 0.25) is 0 Å². The number of fused-ring (bicyclic) bond motifs is 1. The van der Waals surface area contributed by atoms with E-state index in [0.717, 1.165) is 67.9 Å². The number of halogens is 1. The zero-order valence-corrected chi connectivity index (χ0v) is 17.8. The molecule has 4 rings (SSSR count). The first-order valence-corrected chi connectivity index (χ1v) is 11.0. The number of aryl methyl sites for hydroxylation is 1. The van der Waals surface area contributed by atoms with Crippen LogP contribution in [0, 0.1) is 4.77 Å². The van der Waals surface area contributed by atoms with Gasteiger partial charge in [0.05, 0.1) is 6.67 Å². The molecule has 3 heterocycles. The van der Waals surface area contributed by atoms with Gasteiger partial charge in [-0.05, 0) is 49.3 Å². The largest absolute Gasteiger partial charge is 0.492 e. The first kappa shape index (κ1) is 19.9. The van der Waals surface area contributed by atoms with Crippen LogP contribution in [0.5, 0.6) is 5.75 Å². The summed E-state index contributed by atoms with van der Waals surface area (Å²) in [6, 6.07) is 7.54. The molecular formula is C20H28ClN5OS. The molecule has 1 aromatic heterocycles. The average Bonchev–Trinajstić information content (AvgIpc) is 2.86. The van der Waals surface area contributed by atoms with E-state index in [4.69, 9.17) is 33.7 Å². The summed E-state index contributed by atoms with van der Waals surface area (Å²) < 4.78 is 11.0. The molecule has 8 heteroatoms. The van der Waals surface area contributed by atoms with Crippen molar-refractivity contribution in [3.8, 4) is 5.75 Å². The third-order valence-electron chi connectivity index (χ3n) is 5.57. The predicted octanol–water partition coefficient (Wildman–Crippen LogP) is 3.45. The van der Waals surface area contributed by atoms with Gasteiger partial charge in [-0.3, -0.25) is 9.80 Å². The van der Waals surface area contributed by atoms with Crippen LogP contribution >= 0.6 is 23.8 Å². The van der Waals surface area contributed by atoms with Crippen molar-refractivity contribution in [1.29, 1.82) is 0 Å². The maximum Gasteiger partial charge on any atom is 0.199 e. The van der Waals surface area contributed by atoms with E-state index < -0.39 is 0 Å². The van der Waals surface area contributed by atoms with Crippen molar-refractivity contribution in [3.63, 3.8) is 0 Å². The monoisotopic (exact) mass is 421 g/mol. The highest BCUT2D eigenvalue weighted by atomic mass is 35.5. The summed E-state index contributed by atoms with van der Waals surface area (Å²) in [5.74, 6) is 2.04. The second-order valence-corrected chi connectivity index (χ2v) is 8.37. The van der Waals surface area contributed by atoms with Crippen LogP contribution in [-0.4, -0.2) is 63.5 Å². The van der Waals surface area contributed by atoms with Crippen LogP contribution in [0.2, 0.25) is 5.02 Å². The van der Waals surface area contributed by atoms with Crippen molar-refractivity contribution in [3.05, 3.63) is 39.9 Å². The molecule has 0 aliphatic carbocycles. The molecule has 0 amide bonds. The molecule has 0 atom stereocenters. The van der Waals surface area contributed by atoms with E-state index in [-0.39, 0.29) is 0 Å². The van der Waals surface area contributed by atoms with E-state index in [1.165, 1.54) is 25.1 Å². The molecule has 0 spiro atoms. The fraction of sp³-hybridized carbons (Fsp3) is 0.600. The first-order valence-electron chi connectivity index (χ1n) is 10.2. The number of hydrogen-bond acceptors (Lipinski definition) is 5. The Bertz CT molecular complexity index is 826. The van der Waals surface area contributed by atoms with E-state index in [0.29, 0.717) is 6.61 Å². The van der Waals surface area contributed by atoms with Crippen LogP contribution in [0.4, 0.5) is 0 Å². The Kier molecular flexibility index (Phi) is 6.67. The Labute approximate surface area is 176 Å². The lowest BCUT2D eigenvalue weighted by molar-refractivity contribution is 0.0919. The standard InChI is InChI=1S/C20H28ClN5OS/c21-17-5-7-18(8-6-17)27-15-14-23-10-12-24(13-11-23)16-26-20(28)25-9-3-1-2-4-19(25)22-26/h5-8H,1-4,9-16H2. The summed E-state index contributed by atoms with van der Waals surface area (Å²) in [5, 5.41) is 5.54. The zero-order chi connectivity index (χ0) is 19.3. The van der Waals surface area contributed by atoms with Crippen LogP contribution in [0.25, 0.3) is 0 Å². The number of benzene rings is 1. The van der Waals surface area contributed by atoms with Gasteiger partial charge in [0.1, 0.15) is 18.2 Å². The Morgan fingerprint density at radius 1 is 0.964 bits per heavy atom. The van der Waals surface area contributed by atoms with Gasteiger partial charge in [-0.25, -0.2) is 4.68 Å². The fourth-order valence-corrected chi connectivity index (χ4v) is 4.31. The fourth-order valence-electron chi connectivity index (χ4n) is 3.88. The topological polar surface area (TPSA) is 38.5 Å². The van der Waals surface area contributed by atoms with Crippen molar-refractivity contribution in [2.75, 3.05) is 39.3 Å². The Morgan fingerprint density at radius 2 is 1.71 bits per heavy atom. The molecule has 0 saturated carbocycles. The number of aromatic nitrogens is 3. The molecule has 0 radical (unpaired) electrons. The van der Waals surface area contributed by atoms with Crippen molar-refractivity contribution >= 4 is 23.8 Å². The normalized spacial score (nSPS) is 18.6. The predicted molar refractivity (Wildman–Crippen MR) is 114 cm³/mol. The van der Waals surface area contributed by atoms with Crippen molar-refractivity contribution in [2.24, 2.45) is 0 Å². The number of ether oxygens (including phenoxy) is 1. The maximum atomic E-state index is 5.90. The first-order chi connectivity index (χ1) is 13.7. The molecule has 1 aromatic carbocycles. The summed E-state index contributed by atoms with van der Waals surface area (Å²) in [4.78, 5) is 4.90. The molecule has 2 aliphatic heterocycles. The van der Waals surface area contributed by atoms with Crippen LogP contribution in [0.15, 0.2) is 24.3 Å². The van der Waals surface area contributed by atoms with Crippen LogP contribution in [-0.2, 0) is 19.6 Å². The average molecular weight is 422 g/mol. The van der Waals surface area contributed by atoms with Gasteiger partial charge < -0.3 is 9.30 Å². The molecule has 1 saturated heterocycles. The highest BCUT2D eigenvalue weighted by Gasteiger charge is 2.19. The zero-order valence-electron chi connectivity index (χ0n) is 16.2. The Morgan fingerprint density at radius 3 is 2.50 bits per heavy atom. The molecular weight excluding hydrogens is 394 g/mol. The maximum absolute atomic E-state index is 5.90. The number of piperazine rings is 1. The van der Waals surface area contributed by atoms with Crippen LogP contribution in [0.3, 0.4) is 0 Å². The minimum Gasteiger partial charge on any atom is -0.492 e. The van der Waals surface area contributed by atoms with Crippen molar-refractivity contribution in [1.82, 2.24) is 24.1 Å². The molecule has 2 aliphatic rings. The molecule has 0 unspecified atom stereocenters. The molecule has 152 valence electrons. The molecule has 28 heavy (non-hydrogen) atoms. The van der Waals surface area contributed by atoms with Gasteiger partial charge >= 0.3 is 0 Å².